The predicted molar refractivity (Wildman–Crippen MR) is 107 cm³/mol. The molecule has 1 aliphatic heterocycles. The minimum absolute atomic E-state index is 0.0818. The zero-order valence-electron chi connectivity index (χ0n) is 15.2. The maximum Gasteiger partial charge on any atom is 0.261 e. The molecule has 1 heterocycles. The lowest BCUT2D eigenvalue weighted by Crippen LogP contribution is -2.37. The number of hydrogen-bond acceptors (Lipinski definition) is 5. The van der Waals surface area contributed by atoms with Crippen molar-refractivity contribution >= 4 is 44.9 Å². The summed E-state index contributed by atoms with van der Waals surface area (Å²) in [6.07, 6.45) is 0. The van der Waals surface area contributed by atoms with E-state index in [2.05, 4.69) is 4.72 Å². The van der Waals surface area contributed by atoms with Crippen LogP contribution in [0.5, 0.6) is 0 Å². The van der Waals surface area contributed by atoms with Crippen LogP contribution in [0, 0.1) is 0 Å². The van der Waals surface area contributed by atoms with E-state index in [1.807, 2.05) is 6.92 Å². The number of sulfonamides is 1. The fourth-order valence-corrected chi connectivity index (χ4v) is 5.04. The number of nitrogens with zero attached hydrogens (tertiary/aromatic N) is 1. The number of benzene rings is 2. The van der Waals surface area contributed by atoms with Gasteiger partial charge in [0.05, 0.1) is 10.6 Å². The molecule has 1 atom stereocenters. The first-order chi connectivity index (χ1) is 12.7. The molecule has 0 aromatic heterocycles. The number of amides is 1. The molecule has 6 nitrogen and oxygen atoms in total. The highest BCUT2D eigenvalue weighted by Gasteiger charge is 2.27. The summed E-state index contributed by atoms with van der Waals surface area (Å²) >= 11 is 1.62. The number of fused-ring (bicyclic) bond motifs is 1. The monoisotopic (exact) mass is 404 g/mol. The van der Waals surface area contributed by atoms with Gasteiger partial charge in [0.25, 0.3) is 10.0 Å². The lowest BCUT2D eigenvalue weighted by atomic mass is 10.1. The number of carbonyl (C=O) groups is 2. The van der Waals surface area contributed by atoms with E-state index in [0.29, 0.717) is 23.5 Å². The zero-order chi connectivity index (χ0) is 19.8. The van der Waals surface area contributed by atoms with Crippen molar-refractivity contribution in [1.82, 2.24) is 0 Å². The molecular weight excluding hydrogens is 384 g/mol. The van der Waals surface area contributed by atoms with Gasteiger partial charge in [-0.2, -0.15) is 0 Å². The van der Waals surface area contributed by atoms with E-state index in [1.165, 1.54) is 26.0 Å². The van der Waals surface area contributed by atoms with Gasteiger partial charge in [-0.3, -0.25) is 14.3 Å². The topological polar surface area (TPSA) is 83.6 Å². The fraction of sp³-hybridized carbons (Fsp3) is 0.263. The molecule has 0 saturated carbocycles. The number of rotatable bonds is 4. The molecular formula is C19H20N2O4S2. The Morgan fingerprint density at radius 2 is 1.78 bits per heavy atom. The van der Waals surface area contributed by atoms with Gasteiger partial charge < -0.3 is 4.90 Å². The molecule has 0 radical (unpaired) electrons. The van der Waals surface area contributed by atoms with E-state index in [9.17, 15) is 18.0 Å². The third kappa shape index (κ3) is 4.17. The molecule has 0 bridgehead atoms. The van der Waals surface area contributed by atoms with Crippen LogP contribution < -0.4 is 9.62 Å². The van der Waals surface area contributed by atoms with Crippen LogP contribution >= 0.6 is 11.8 Å². The summed E-state index contributed by atoms with van der Waals surface area (Å²) in [4.78, 5) is 25.9. The molecule has 0 spiro atoms. The van der Waals surface area contributed by atoms with E-state index < -0.39 is 10.0 Å². The summed E-state index contributed by atoms with van der Waals surface area (Å²) in [6, 6.07) is 11.0. The second-order valence-electron chi connectivity index (χ2n) is 6.43. The van der Waals surface area contributed by atoms with Crippen molar-refractivity contribution in [3.63, 3.8) is 0 Å². The van der Waals surface area contributed by atoms with Crippen LogP contribution in [0.3, 0.4) is 0 Å². The Bertz CT molecular complexity index is 1000. The van der Waals surface area contributed by atoms with Crippen molar-refractivity contribution in [1.29, 1.82) is 0 Å². The Morgan fingerprint density at radius 1 is 1.11 bits per heavy atom. The van der Waals surface area contributed by atoms with Gasteiger partial charge in [0.1, 0.15) is 0 Å². The largest absolute Gasteiger partial charge is 0.310 e. The average Bonchev–Trinajstić information content (AvgIpc) is 2.60. The second-order valence-corrected chi connectivity index (χ2v) is 9.59. The van der Waals surface area contributed by atoms with Gasteiger partial charge in [0.15, 0.2) is 5.78 Å². The second kappa shape index (κ2) is 7.36. The van der Waals surface area contributed by atoms with Gasteiger partial charge in [-0.05, 0) is 49.4 Å². The van der Waals surface area contributed by atoms with E-state index in [4.69, 9.17) is 0 Å². The van der Waals surface area contributed by atoms with Crippen LogP contribution in [0.15, 0.2) is 52.3 Å². The predicted octanol–water partition coefficient (Wildman–Crippen LogP) is 3.54. The summed E-state index contributed by atoms with van der Waals surface area (Å²) in [6.45, 7) is 5.49. The van der Waals surface area contributed by atoms with Gasteiger partial charge in [-0.25, -0.2) is 8.42 Å². The number of anilines is 2. The third-order valence-electron chi connectivity index (χ3n) is 4.22. The molecule has 3 rings (SSSR count). The molecule has 2 aromatic carbocycles. The van der Waals surface area contributed by atoms with Crippen LogP contribution in [-0.2, 0) is 14.8 Å². The molecule has 0 saturated heterocycles. The van der Waals surface area contributed by atoms with Gasteiger partial charge in [-0.1, -0.05) is 6.92 Å². The van der Waals surface area contributed by atoms with Gasteiger partial charge in [0, 0.05) is 34.9 Å². The van der Waals surface area contributed by atoms with Gasteiger partial charge in [0.2, 0.25) is 5.91 Å². The summed E-state index contributed by atoms with van der Waals surface area (Å²) in [7, 11) is -3.82. The number of nitrogens with one attached hydrogen (secondary N) is 1. The number of ketones is 1. The molecule has 8 heteroatoms. The number of Topliss-reactive ketones (excluding diaryl/α,β-unsaturated/α-hetero) is 1. The lowest BCUT2D eigenvalue weighted by molar-refractivity contribution is -0.116. The maximum absolute atomic E-state index is 12.8. The van der Waals surface area contributed by atoms with E-state index in [1.54, 1.807) is 47.0 Å². The van der Waals surface area contributed by atoms with Crippen molar-refractivity contribution in [2.24, 2.45) is 0 Å². The van der Waals surface area contributed by atoms with E-state index in [-0.39, 0.29) is 21.8 Å². The highest BCUT2D eigenvalue weighted by molar-refractivity contribution is 8.00. The normalized spacial score (nSPS) is 16.6. The average molecular weight is 405 g/mol. The Balaban J connectivity index is 1.92. The summed E-state index contributed by atoms with van der Waals surface area (Å²) < 4.78 is 28.0. The first-order valence-electron chi connectivity index (χ1n) is 8.40. The zero-order valence-corrected chi connectivity index (χ0v) is 16.9. The maximum atomic E-state index is 12.8. The summed E-state index contributed by atoms with van der Waals surface area (Å²) in [5, 5.41) is 0.238. The molecule has 27 heavy (non-hydrogen) atoms. The van der Waals surface area contributed by atoms with Crippen molar-refractivity contribution in [2.75, 3.05) is 16.2 Å². The number of thioether (sulfide) groups is 1. The quantitative estimate of drug-likeness (QED) is 0.788. The van der Waals surface area contributed by atoms with Crippen molar-refractivity contribution in [2.45, 2.75) is 35.8 Å². The standard InChI is InChI=1S/C19H20N2O4S2/c1-12-11-21(14(3)23)18-10-17(8-9-19(18)26-12)27(24,25)20-16-6-4-15(5-7-16)13(2)22/h4-10,12,20H,11H2,1-3H3/t12-/m1/s1. The highest BCUT2D eigenvalue weighted by Crippen LogP contribution is 2.39. The first-order valence-corrected chi connectivity index (χ1v) is 10.8. The first kappa shape index (κ1) is 19.4. The smallest absolute Gasteiger partial charge is 0.261 e. The Labute approximate surface area is 163 Å². The lowest BCUT2D eigenvalue weighted by Gasteiger charge is -2.32. The summed E-state index contributed by atoms with van der Waals surface area (Å²) in [5.41, 5.74) is 1.49. The minimum Gasteiger partial charge on any atom is -0.310 e. The Hall–Kier alpha value is -2.32. The van der Waals surface area contributed by atoms with Crippen LogP contribution in [-0.4, -0.2) is 31.9 Å². The molecule has 2 aromatic rings. The molecule has 1 aliphatic rings. The SMILES string of the molecule is CC(=O)c1ccc(NS(=O)(=O)c2ccc3c(c2)N(C(C)=O)C[C@@H](C)S3)cc1. The Kier molecular flexibility index (Phi) is 5.30. The molecule has 1 amide bonds. The van der Waals surface area contributed by atoms with Gasteiger partial charge >= 0.3 is 0 Å². The molecule has 142 valence electrons. The Morgan fingerprint density at radius 3 is 2.37 bits per heavy atom. The van der Waals surface area contributed by atoms with E-state index >= 15 is 0 Å². The van der Waals surface area contributed by atoms with Crippen LogP contribution in [0.4, 0.5) is 11.4 Å². The summed E-state index contributed by atoms with van der Waals surface area (Å²) in [5.74, 6) is -0.208. The molecule has 0 fully saturated rings. The van der Waals surface area contributed by atoms with E-state index in [0.717, 1.165) is 4.90 Å². The van der Waals surface area contributed by atoms with Crippen molar-refractivity contribution in [3.05, 3.63) is 48.0 Å². The van der Waals surface area contributed by atoms with Crippen molar-refractivity contribution in [3.8, 4) is 0 Å². The number of hydrogen-bond donors (Lipinski definition) is 1. The minimum atomic E-state index is -3.82. The number of carbonyl (C=O) groups excluding carboxylic acids is 2. The van der Waals surface area contributed by atoms with Crippen LogP contribution in [0.2, 0.25) is 0 Å². The van der Waals surface area contributed by atoms with Gasteiger partial charge in [-0.15, -0.1) is 11.8 Å². The third-order valence-corrected chi connectivity index (χ3v) is 6.75. The highest BCUT2D eigenvalue weighted by atomic mass is 32.2. The van der Waals surface area contributed by atoms with Crippen molar-refractivity contribution < 1.29 is 18.0 Å². The molecule has 0 unspecified atom stereocenters. The van der Waals surface area contributed by atoms with Crippen LogP contribution in [0.1, 0.15) is 31.1 Å². The molecule has 1 N–H and O–H groups in total. The van der Waals surface area contributed by atoms with Crippen LogP contribution in [0.25, 0.3) is 0 Å². The molecule has 0 aliphatic carbocycles. The fourth-order valence-electron chi connectivity index (χ4n) is 2.87.